The number of ether oxygens (including phenoxy) is 1. The molecule has 0 bridgehead atoms. The van der Waals surface area contributed by atoms with Crippen LogP contribution < -0.4 is 14.9 Å². The lowest BCUT2D eigenvalue weighted by Crippen LogP contribution is -2.39. The zero-order valence-electron chi connectivity index (χ0n) is 20.9. The molecule has 13 heteroatoms. The number of rotatable bonds is 11. The quantitative estimate of drug-likeness (QED) is 0.314. The molecule has 0 spiro atoms. The first kappa shape index (κ1) is 26.6. The summed E-state index contributed by atoms with van der Waals surface area (Å²) >= 11 is 0. The summed E-state index contributed by atoms with van der Waals surface area (Å²) in [6.07, 6.45) is 2.91. The smallest absolute Gasteiger partial charge is 0.407 e. The highest BCUT2D eigenvalue weighted by atomic mass is 32.2. The number of nitrogens with one attached hydrogen (secondary N) is 2. The molecule has 0 atom stereocenters. The fourth-order valence-corrected chi connectivity index (χ4v) is 5.34. The minimum absolute atomic E-state index is 0.166. The van der Waals surface area contributed by atoms with Crippen molar-refractivity contribution in [1.82, 2.24) is 19.6 Å². The number of furan rings is 1. The number of piperidine rings is 1. The monoisotopic (exact) mass is 532 g/mol. The molecule has 3 heterocycles. The zero-order chi connectivity index (χ0) is 26.4. The predicted molar refractivity (Wildman–Crippen MR) is 139 cm³/mol. The van der Waals surface area contributed by atoms with Crippen molar-refractivity contribution in [2.75, 3.05) is 57.2 Å². The molecule has 37 heavy (non-hydrogen) atoms. The number of sulfonamides is 1. The maximum absolute atomic E-state index is 12.5. The molecular formula is C24H32N6O6S. The number of carboxylic acid groups (broad SMARTS) is 1. The van der Waals surface area contributed by atoms with Crippen molar-refractivity contribution in [3.8, 4) is 0 Å². The van der Waals surface area contributed by atoms with Gasteiger partial charge in [-0.2, -0.15) is 4.98 Å². The van der Waals surface area contributed by atoms with Crippen molar-refractivity contribution in [3.05, 3.63) is 36.6 Å². The number of fused-ring (bicyclic) bond motifs is 1. The van der Waals surface area contributed by atoms with Gasteiger partial charge in [0.25, 0.3) is 0 Å². The van der Waals surface area contributed by atoms with Crippen LogP contribution in [0.1, 0.15) is 19.3 Å². The lowest BCUT2D eigenvalue weighted by atomic mass is 9.96. The molecule has 4 rings (SSSR count). The third-order valence-corrected chi connectivity index (χ3v) is 7.77. The van der Waals surface area contributed by atoms with Crippen LogP contribution in [0.4, 0.5) is 22.2 Å². The number of nitrogens with zero attached hydrogens (tertiary/aromatic N) is 4. The molecule has 1 aliphatic heterocycles. The Kier molecular flexibility index (Phi) is 8.46. The molecule has 200 valence electrons. The molecule has 3 aromatic rings. The molecule has 1 aliphatic rings. The maximum Gasteiger partial charge on any atom is 0.407 e. The minimum Gasteiger partial charge on any atom is -0.465 e. The Labute approximate surface area is 215 Å². The van der Waals surface area contributed by atoms with Gasteiger partial charge in [-0.1, -0.05) is 0 Å². The Morgan fingerprint density at radius 2 is 1.95 bits per heavy atom. The molecule has 1 fully saturated rings. The van der Waals surface area contributed by atoms with Crippen molar-refractivity contribution < 1.29 is 27.5 Å². The first-order valence-electron chi connectivity index (χ1n) is 12.1. The molecule has 0 saturated carbocycles. The maximum atomic E-state index is 12.5. The Bertz CT molecular complexity index is 1310. The Morgan fingerprint density at radius 3 is 2.62 bits per heavy atom. The summed E-state index contributed by atoms with van der Waals surface area (Å²) in [5.74, 6) is 1.32. The standard InChI is InChI=1S/C24H32N6O6S/c1-29(24(31)32)16-17-8-12-30(13-9-17)22-21-20(10-15-36-21)27-23(28-22)26-18-4-6-19(7-5-18)37(33,34)25-11-3-14-35-2/h4-7,10,15,17,25H,3,8-9,11-14,16H2,1-2H3,(H,31,32)(H,26,27,28). The molecule has 1 aromatic carbocycles. The van der Waals surface area contributed by atoms with E-state index in [-0.39, 0.29) is 10.8 Å². The van der Waals surface area contributed by atoms with Gasteiger partial charge in [-0.15, -0.1) is 0 Å². The van der Waals surface area contributed by atoms with Crippen molar-refractivity contribution >= 4 is 44.7 Å². The van der Waals surface area contributed by atoms with Gasteiger partial charge in [0.1, 0.15) is 5.52 Å². The van der Waals surface area contributed by atoms with Gasteiger partial charge < -0.3 is 29.4 Å². The topological polar surface area (TPSA) is 150 Å². The summed E-state index contributed by atoms with van der Waals surface area (Å²) in [6, 6.07) is 8.15. The molecule has 0 aliphatic carbocycles. The number of hydrogen-bond donors (Lipinski definition) is 3. The van der Waals surface area contributed by atoms with E-state index in [1.807, 2.05) is 0 Å². The van der Waals surface area contributed by atoms with Crippen LogP contribution in [0.5, 0.6) is 0 Å². The predicted octanol–water partition coefficient (Wildman–Crippen LogP) is 3.11. The van der Waals surface area contributed by atoms with Crippen molar-refractivity contribution in [2.45, 2.75) is 24.2 Å². The summed E-state index contributed by atoms with van der Waals surface area (Å²) in [5.41, 5.74) is 1.88. The average molecular weight is 533 g/mol. The first-order chi connectivity index (χ1) is 17.8. The van der Waals surface area contributed by atoms with E-state index in [9.17, 15) is 13.2 Å². The average Bonchev–Trinajstić information content (AvgIpc) is 3.36. The van der Waals surface area contributed by atoms with Crippen molar-refractivity contribution in [2.24, 2.45) is 5.92 Å². The van der Waals surface area contributed by atoms with E-state index in [1.54, 1.807) is 38.6 Å². The number of anilines is 3. The van der Waals surface area contributed by atoms with Gasteiger partial charge in [0.15, 0.2) is 11.4 Å². The highest BCUT2D eigenvalue weighted by molar-refractivity contribution is 7.89. The van der Waals surface area contributed by atoms with Gasteiger partial charge in [-0.25, -0.2) is 22.9 Å². The fraction of sp³-hybridized carbons (Fsp3) is 0.458. The lowest BCUT2D eigenvalue weighted by Gasteiger charge is -2.34. The van der Waals surface area contributed by atoms with Crippen LogP contribution >= 0.6 is 0 Å². The van der Waals surface area contributed by atoms with E-state index in [1.165, 1.54) is 17.0 Å². The van der Waals surface area contributed by atoms with Crippen molar-refractivity contribution in [3.63, 3.8) is 0 Å². The second-order valence-corrected chi connectivity index (χ2v) is 10.8. The summed E-state index contributed by atoms with van der Waals surface area (Å²) < 4.78 is 38.1. The molecule has 1 amide bonds. The summed E-state index contributed by atoms with van der Waals surface area (Å²) in [4.78, 5) is 24.0. The van der Waals surface area contributed by atoms with Gasteiger partial charge in [-0.05, 0) is 49.4 Å². The summed E-state index contributed by atoms with van der Waals surface area (Å²) in [6.45, 7) is 2.71. The van der Waals surface area contributed by atoms with Gasteiger partial charge >= 0.3 is 6.09 Å². The van der Waals surface area contributed by atoms with E-state index in [0.29, 0.717) is 67.8 Å². The largest absolute Gasteiger partial charge is 0.465 e. The molecule has 1 saturated heterocycles. The summed E-state index contributed by atoms with van der Waals surface area (Å²) in [5, 5.41) is 12.3. The number of carbonyl (C=O) groups is 1. The Morgan fingerprint density at radius 1 is 1.22 bits per heavy atom. The van der Waals surface area contributed by atoms with Crippen LogP contribution in [-0.4, -0.2) is 81.4 Å². The van der Waals surface area contributed by atoms with Gasteiger partial charge in [0.05, 0.1) is 11.2 Å². The fourth-order valence-electron chi connectivity index (χ4n) is 4.26. The van der Waals surface area contributed by atoms with Gasteiger partial charge in [0.2, 0.25) is 16.0 Å². The zero-order valence-corrected chi connectivity index (χ0v) is 21.7. The van der Waals surface area contributed by atoms with Crippen LogP contribution in [0.25, 0.3) is 11.1 Å². The molecular weight excluding hydrogens is 500 g/mol. The third kappa shape index (κ3) is 6.67. The molecule has 3 N–H and O–H groups in total. The molecule has 0 radical (unpaired) electrons. The van der Waals surface area contributed by atoms with E-state index in [4.69, 9.17) is 19.2 Å². The van der Waals surface area contributed by atoms with Crippen LogP contribution in [0, 0.1) is 5.92 Å². The highest BCUT2D eigenvalue weighted by Gasteiger charge is 2.25. The van der Waals surface area contributed by atoms with Gasteiger partial charge in [0, 0.05) is 58.7 Å². The van der Waals surface area contributed by atoms with Crippen LogP contribution in [0.15, 0.2) is 45.9 Å². The van der Waals surface area contributed by atoms with Crippen LogP contribution in [-0.2, 0) is 14.8 Å². The number of methoxy groups -OCH3 is 1. The second kappa shape index (κ2) is 11.8. The van der Waals surface area contributed by atoms with E-state index < -0.39 is 16.1 Å². The molecule has 0 unspecified atom stereocenters. The number of benzene rings is 1. The lowest BCUT2D eigenvalue weighted by molar-refractivity contribution is 0.145. The van der Waals surface area contributed by atoms with E-state index >= 15 is 0 Å². The Balaban J connectivity index is 1.45. The first-order valence-corrected chi connectivity index (χ1v) is 13.5. The SMILES string of the molecule is COCCCNS(=O)(=O)c1ccc(Nc2nc(N3CCC(CN(C)C(=O)O)CC3)c3occc3n2)cc1. The highest BCUT2D eigenvalue weighted by Crippen LogP contribution is 2.31. The van der Waals surface area contributed by atoms with Crippen LogP contribution in [0.3, 0.4) is 0 Å². The normalized spacial score (nSPS) is 14.7. The number of amides is 1. The minimum atomic E-state index is -3.61. The third-order valence-electron chi connectivity index (χ3n) is 6.30. The Hall–Kier alpha value is -3.42. The molecule has 12 nitrogen and oxygen atoms in total. The number of hydrogen-bond acceptors (Lipinski definition) is 9. The summed E-state index contributed by atoms with van der Waals surface area (Å²) in [7, 11) is -0.448. The number of aromatic nitrogens is 2. The second-order valence-electron chi connectivity index (χ2n) is 8.99. The molecule has 2 aromatic heterocycles. The van der Waals surface area contributed by atoms with Crippen molar-refractivity contribution in [1.29, 1.82) is 0 Å². The van der Waals surface area contributed by atoms with E-state index in [2.05, 4.69) is 19.9 Å². The van der Waals surface area contributed by atoms with Gasteiger partial charge in [-0.3, -0.25) is 0 Å². The van der Waals surface area contributed by atoms with E-state index in [0.717, 1.165) is 12.8 Å². The van der Waals surface area contributed by atoms with Crippen LogP contribution in [0.2, 0.25) is 0 Å².